The van der Waals surface area contributed by atoms with Crippen LogP contribution in [0.3, 0.4) is 0 Å². The number of nitrogens with one attached hydrogen (secondary N) is 2. The summed E-state index contributed by atoms with van der Waals surface area (Å²) in [4.78, 5) is 24.1. The van der Waals surface area contributed by atoms with Crippen molar-refractivity contribution in [2.75, 3.05) is 26.3 Å². The molecule has 1 amide bonds. The summed E-state index contributed by atoms with van der Waals surface area (Å²) < 4.78 is 19.5. The van der Waals surface area contributed by atoms with E-state index in [-0.39, 0.29) is 17.5 Å². The molecule has 146 valence electrons. The van der Waals surface area contributed by atoms with Crippen molar-refractivity contribution >= 4 is 16.9 Å². The number of para-hydroxylation sites is 1. The van der Waals surface area contributed by atoms with Gasteiger partial charge in [-0.2, -0.15) is 4.39 Å². The molecule has 1 aromatic carbocycles. The second kappa shape index (κ2) is 7.65. The first-order chi connectivity index (χ1) is 13.6. The van der Waals surface area contributed by atoms with Crippen LogP contribution in [0.1, 0.15) is 34.1 Å². The van der Waals surface area contributed by atoms with Gasteiger partial charge in [-0.05, 0) is 25.5 Å². The van der Waals surface area contributed by atoms with E-state index in [0.29, 0.717) is 48.5 Å². The molecule has 8 heteroatoms. The number of nitrogens with two attached hydrogens (primary N) is 1. The topological polar surface area (TPSA) is 106 Å². The van der Waals surface area contributed by atoms with Gasteiger partial charge in [-0.15, -0.1) is 0 Å². The predicted octanol–water partition coefficient (Wildman–Crippen LogP) is 2.26. The summed E-state index contributed by atoms with van der Waals surface area (Å²) in [7, 11) is 0. The van der Waals surface area contributed by atoms with Crippen LogP contribution >= 0.6 is 0 Å². The highest BCUT2D eigenvalue weighted by Crippen LogP contribution is 2.33. The molecule has 7 nitrogen and oxygen atoms in total. The molecule has 1 unspecified atom stereocenters. The van der Waals surface area contributed by atoms with E-state index in [2.05, 4.69) is 20.3 Å². The van der Waals surface area contributed by atoms with Crippen LogP contribution in [-0.2, 0) is 4.74 Å². The first-order valence-corrected chi connectivity index (χ1v) is 9.30. The number of fused-ring (bicyclic) bond motifs is 2. The first kappa shape index (κ1) is 18.5. The number of nitrogens with zero attached hydrogens (tertiary/aromatic N) is 2. The summed E-state index contributed by atoms with van der Waals surface area (Å²) in [6.07, 6.45) is 0.760. The lowest BCUT2D eigenvalue weighted by atomic mass is 9.95. The van der Waals surface area contributed by atoms with Crippen molar-refractivity contribution in [3.05, 3.63) is 47.2 Å². The number of H-pyrrole nitrogens is 1. The summed E-state index contributed by atoms with van der Waals surface area (Å²) in [5.41, 5.74) is 9.68. The molecular weight excluding hydrogens is 361 g/mol. The molecule has 3 aromatic rings. The highest BCUT2D eigenvalue weighted by Gasteiger charge is 2.28. The lowest BCUT2D eigenvalue weighted by Crippen LogP contribution is -2.35. The molecule has 1 aliphatic rings. The Morgan fingerprint density at radius 2 is 2.14 bits per heavy atom. The molecule has 2 aromatic heterocycles. The Bertz CT molecular complexity index is 1030. The number of hydrogen-bond acceptors (Lipinski definition) is 5. The average molecular weight is 383 g/mol. The minimum absolute atomic E-state index is 0.110. The fraction of sp³-hybridized carbons (Fsp3) is 0.350. The zero-order valence-corrected chi connectivity index (χ0v) is 15.6. The third-order valence-electron chi connectivity index (χ3n) is 4.98. The number of halogens is 1. The minimum Gasteiger partial charge on any atom is -0.380 e. The molecule has 28 heavy (non-hydrogen) atoms. The van der Waals surface area contributed by atoms with E-state index in [4.69, 9.17) is 10.5 Å². The third-order valence-corrected chi connectivity index (χ3v) is 4.98. The molecule has 0 saturated heterocycles. The lowest BCUT2D eigenvalue weighted by Gasteiger charge is -2.22. The molecule has 4 N–H and O–H groups in total. The Balaban J connectivity index is 1.72. The summed E-state index contributed by atoms with van der Waals surface area (Å²) in [5.74, 6) is -0.604. The van der Waals surface area contributed by atoms with Crippen LogP contribution in [0, 0.1) is 12.9 Å². The van der Waals surface area contributed by atoms with Crippen LogP contribution in [0.25, 0.3) is 22.3 Å². The zero-order valence-electron chi connectivity index (χ0n) is 15.6. The predicted molar refractivity (Wildman–Crippen MR) is 104 cm³/mol. The SMILES string of the molecule is Cc1nc2cccc(-c3cc4c([nH]3)C(CCOCCN)CNC4=O)c2nc1F. The molecule has 0 saturated carbocycles. The summed E-state index contributed by atoms with van der Waals surface area (Å²) in [6.45, 7) is 3.69. The maximum Gasteiger partial charge on any atom is 0.253 e. The van der Waals surface area contributed by atoms with Gasteiger partial charge >= 0.3 is 0 Å². The van der Waals surface area contributed by atoms with Gasteiger partial charge in [-0.1, -0.05) is 12.1 Å². The van der Waals surface area contributed by atoms with Crippen LogP contribution in [0.2, 0.25) is 0 Å². The van der Waals surface area contributed by atoms with Crippen LogP contribution in [0.4, 0.5) is 4.39 Å². The van der Waals surface area contributed by atoms with Crippen molar-refractivity contribution in [3.8, 4) is 11.3 Å². The Morgan fingerprint density at radius 1 is 1.29 bits per heavy atom. The molecule has 3 heterocycles. The number of aromatic amines is 1. The second-order valence-electron chi connectivity index (χ2n) is 6.88. The van der Waals surface area contributed by atoms with Crippen molar-refractivity contribution < 1.29 is 13.9 Å². The maximum absolute atomic E-state index is 14.0. The maximum atomic E-state index is 14.0. The number of rotatable bonds is 6. The Hall–Kier alpha value is -2.84. The van der Waals surface area contributed by atoms with E-state index in [1.54, 1.807) is 19.1 Å². The van der Waals surface area contributed by atoms with E-state index in [1.165, 1.54) is 0 Å². The fourth-order valence-electron chi connectivity index (χ4n) is 3.56. The largest absolute Gasteiger partial charge is 0.380 e. The zero-order chi connectivity index (χ0) is 19.7. The third kappa shape index (κ3) is 3.36. The molecule has 0 fully saturated rings. The van der Waals surface area contributed by atoms with Crippen LogP contribution in [-0.4, -0.2) is 47.2 Å². The van der Waals surface area contributed by atoms with Gasteiger partial charge < -0.3 is 20.8 Å². The molecule has 1 aliphatic heterocycles. The smallest absolute Gasteiger partial charge is 0.253 e. The molecule has 1 atom stereocenters. The quantitative estimate of drug-likeness (QED) is 0.566. The molecule has 0 bridgehead atoms. The van der Waals surface area contributed by atoms with Crippen molar-refractivity contribution in [1.29, 1.82) is 0 Å². The fourth-order valence-corrected chi connectivity index (χ4v) is 3.56. The van der Waals surface area contributed by atoms with Gasteiger partial charge in [-0.25, -0.2) is 9.97 Å². The number of aryl methyl sites for hydroxylation is 1. The van der Waals surface area contributed by atoms with Gasteiger partial charge in [0, 0.05) is 42.6 Å². The first-order valence-electron chi connectivity index (χ1n) is 9.30. The number of ether oxygens (including phenoxy) is 1. The molecule has 0 aliphatic carbocycles. The van der Waals surface area contributed by atoms with E-state index in [9.17, 15) is 9.18 Å². The van der Waals surface area contributed by atoms with Gasteiger partial charge in [0.2, 0.25) is 5.95 Å². The minimum atomic E-state index is -0.594. The normalized spacial score (nSPS) is 16.2. The number of carbonyl (C=O) groups excluding carboxylic acids is 1. The monoisotopic (exact) mass is 383 g/mol. The van der Waals surface area contributed by atoms with Crippen molar-refractivity contribution in [2.24, 2.45) is 5.73 Å². The Labute approximate surface area is 161 Å². The number of benzene rings is 1. The Morgan fingerprint density at radius 3 is 2.96 bits per heavy atom. The van der Waals surface area contributed by atoms with Gasteiger partial charge in [0.1, 0.15) is 5.52 Å². The molecular formula is C20H22FN5O2. The number of carbonyl (C=O) groups is 1. The number of aromatic nitrogens is 3. The molecule has 0 radical (unpaired) electrons. The van der Waals surface area contributed by atoms with E-state index >= 15 is 0 Å². The van der Waals surface area contributed by atoms with E-state index in [1.807, 2.05) is 12.1 Å². The lowest BCUT2D eigenvalue weighted by molar-refractivity contribution is 0.0928. The van der Waals surface area contributed by atoms with Gasteiger partial charge in [0.25, 0.3) is 5.91 Å². The second-order valence-corrected chi connectivity index (χ2v) is 6.88. The van der Waals surface area contributed by atoms with E-state index in [0.717, 1.165) is 17.8 Å². The van der Waals surface area contributed by atoms with Crippen molar-refractivity contribution in [2.45, 2.75) is 19.3 Å². The molecule has 4 rings (SSSR count). The van der Waals surface area contributed by atoms with Gasteiger partial charge in [0.05, 0.1) is 23.4 Å². The standard InChI is InChI=1S/C20H22FN5O2/c1-11-19(21)26-18-13(3-2-4-15(18)24-11)16-9-14-17(25-16)12(10-23-20(14)27)5-7-28-8-6-22/h2-4,9,12,25H,5-8,10,22H2,1H3,(H,23,27). The van der Waals surface area contributed by atoms with Gasteiger partial charge in [0.15, 0.2) is 0 Å². The van der Waals surface area contributed by atoms with Crippen molar-refractivity contribution in [3.63, 3.8) is 0 Å². The van der Waals surface area contributed by atoms with Crippen molar-refractivity contribution in [1.82, 2.24) is 20.3 Å². The highest BCUT2D eigenvalue weighted by atomic mass is 19.1. The van der Waals surface area contributed by atoms with Crippen LogP contribution in [0.15, 0.2) is 24.3 Å². The highest BCUT2D eigenvalue weighted by molar-refractivity contribution is 5.99. The number of amides is 1. The summed E-state index contributed by atoms with van der Waals surface area (Å²) in [5, 5.41) is 2.92. The Kier molecular flexibility index (Phi) is 5.06. The van der Waals surface area contributed by atoms with Gasteiger partial charge in [-0.3, -0.25) is 4.79 Å². The number of hydrogen-bond donors (Lipinski definition) is 3. The van der Waals surface area contributed by atoms with E-state index < -0.39 is 5.95 Å². The summed E-state index contributed by atoms with van der Waals surface area (Å²) >= 11 is 0. The molecule has 0 spiro atoms. The van der Waals surface area contributed by atoms with Crippen LogP contribution < -0.4 is 11.1 Å². The summed E-state index contributed by atoms with van der Waals surface area (Å²) in [6, 6.07) is 7.29. The average Bonchev–Trinajstić information content (AvgIpc) is 3.13. The van der Waals surface area contributed by atoms with Crippen LogP contribution in [0.5, 0.6) is 0 Å².